The summed E-state index contributed by atoms with van der Waals surface area (Å²) in [5.41, 5.74) is 8.04. The first-order valence-corrected chi connectivity index (χ1v) is 9.13. The number of fused-ring (bicyclic) bond motifs is 1. The SMILES string of the molecule is CNc1ccc(NC(=O)CN)cc1C(=O)N[C@H](C)c1cccc2ccccc12. The van der Waals surface area contributed by atoms with E-state index in [0.717, 1.165) is 16.3 Å². The van der Waals surface area contributed by atoms with Crippen LogP contribution in [0, 0.1) is 0 Å². The molecule has 0 saturated heterocycles. The summed E-state index contributed by atoms with van der Waals surface area (Å²) in [6.45, 7) is 1.84. The van der Waals surface area contributed by atoms with Gasteiger partial charge in [-0.15, -0.1) is 0 Å². The third-order valence-electron chi connectivity index (χ3n) is 4.64. The van der Waals surface area contributed by atoms with Crippen LogP contribution >= 0.6 is 0 Å². The number of hydrogen-bond donors (Lipinski definition) is 4. The maximum Gasteiger partial charge on any atom is 0.253 e. The molecule has 0 aliphatic carbocycles. The largest absolute Gasteiger partial charge is 0.387 e. The summed E-state index contributed by atoms with van der Waals surface area (Å²) in [7, 11) is 1.75. The Hall–Kier alpha value is -3.38. The molecule has 6 heteroatoms. The van der Waals surface area contributed by atoms with Crippen molar-refractivity contribution in [2.24, 2.45) is 5.73 Å². The van der Waals surface area contributed by atoms with Gasteiger partial charge in [0.25, 0.3) is 5.91 Å². The number of benzene rings is 3. The second-order valence-corrected chi connectivity index (χ2v) is 6.53. The van der Waals surface area contributed by atoms with Crippen LogP contribution in [0.3, 0.4) is 0 Å². The molecule has 0 saturated carbocycles. The van der Waals surface area contributed by atoms with Crippen molar-refractivity contribution in [3.63, 3.8) is 0 Å². The van der Waals surface area contributed by atoms with Crippen LogP contribution in [-0.2, 0) is 4.79 Å². The molecule has 0 radical (unpaired) electrons. The smallest absolute Gasteiger partial charge is 0.253 e. The number of carbonyl (C=O) groups excluding carboxylic acids is 2. The monoisotopic (exact) mass is 376 g/mol. The van der Waals surface area contributed by atoms with Gasteiger partial charge in [-0.05, 0) is 41.5 Å². The van der Waals surface area contributed by atoms with Crippen LogP contribution in [0.2, 0.25) is 0 Å². The van der Waals surface area contributed by atoms with Gasteiger partial charge in [-0.3, -0.25) is 9.59 Å². The lowest BCUT2D eigenvalue weighted by Crippen LogP contribution is -2.28. The van der Waals surface area contributed by atoms with E-state index >= 15 is 0 Å². The Kier molecular flexibility index (Phi) is 5.91. The fourth-order valence-corrected chi connectivity index (χ4v) is 3.22. The molecule has 0 aliphatic heterocycles. The molecule has 0 spiro atoms. The molecule has 0 bridgehead atoms. The number of anilines is 2. The maximum atomic E-state index is 13.0. The molecule has 6 nitrogen and oxygen atoms in total. The lowest BCUT2D eigenvalue weighted by atomic mass is 9.99. The summed E-state index contributed by atoms with van der Waals surface area (Å²) in [6.07, 6.45) is 0. The second kappa shape index (κ2) is 8.54. The zero-order valence-corrected chi connectivity index (χ0v) is 16.0. The average Bonchev–Trinajstić information content (AvgIpc) is 2.73. The molecule has 2 amide bonds. The molecule has 1 atom stereocenters. The van der Waals surface area contributed by atoms with Gasteiger partial charge in [-0.2, -0.15) is 0 Å². The van der Waals surface area contributed by atoms with E-state index in [0.29, 0.717) is 16.9 Å². The Bertz CT molecular complexity index is 1010. The highest BCUT2D eigenvalue weighted by Crippen LogP contribution is 2.26. The Morgan fingerprint density at radius 3 is 2.54 bits per heavy atom. The first-order chi connectivity index (χ1) is 13.5. The summed E-state index contributed by atoms with van der Waals surface area (Å²) in [5, 5.41) is 11.0. The van der Waals surface area contributed by atoms with Crippen LogP contribution in [0.5, 0.6) is 0 Å². The quantitative estimate of drug-likeness (QED) is 0.531. The van der Waals surface area contributed by atoms with Gasteiger partial charge in [0.15, 0.2) is 0 Å². The number of nitrogens with two attached hydrogens (primary N) is 1. The maximum absolute atomic E-state index is 13.0. The minimum Gasteiger partial charge on any atom is -0.387 e. The zero-order chi connectivity index (χ0) is 20.1. The lowest BCUT2D eigenvalue weighted by molar-refractivity contribution is -0.114. The van der Waals surface area contributed by atoms with E-state index in [9.17, 15) is 9.59 Å². The average molecular weight is 376 g/mol. The van der Waals surface area contributed by atoms with Crippen molar-refractivity contribution in [2.45, 2.75) is 13.0 Å². The molecule has 5 N–H and O–H groups in total. The van der Waals surface area contributed by atoms with Gasteiger partial charge in [0.05, 0.1) is 18.2 Å². The number of rotatable bonds is 6. The van der Waals surface area contributed by atoms with Crippen LogP contribution in [0.15, 0.2) is 60.7 Å². The van der Waals surface area contributed by atoms with Crippen molar-refractivity contribution in [3.05, 3.63) is 71.8 Å². The Balaban J connectivity index is 1.87. The summed E-state index contributed by atoms with van der Waals surface area (Å²) in [6, 6.07) is 19.1. The molecule has 0 aromatic heterocycles. The second-order valence-electron chi connectivity index (χ2n) is 6.53. The van der Waals surface area contributed by atoms with Gasteiger partial charge < -0.3 is 21.7 Å². The van der Waals surface area contributed by atoms with E-state index < -0.39 is 0 Å². The van der Waals surface area contributed by atoms with Gasteiger partial charge >= 0.3 is 0 Å². The Morgan fingerprint density at radius 2 is 1.79 bits per heavy atom. The van der Waals surface area contributed by atoms with E-state index in [4.69, 9.17) is 5.73 Å². The minimum absolute atomic E-state index is 0.118. The number of amides is 2. The predicted octanol–water partition coefficient (Wildman–Crippen LogP) is 3.27. The Labute approximate surface area is 164 Å². The molecule has 28 heavy (non-hydrogen) atoms. The van der Waals surface area contributed by atoms with Gasteiger partial charge in [-0.1, -0.05) is 42.5 Å². The normalized spacial score (nSPS) is 11.7. The first-order valence-electron chi connectivity index (χ1n) is 9.13. The molecule has 144 valence electrons. The molecule has 3 rings (SSSR count). The Morgan fingerprint density at radius 1 is 1.04 bits per heavy atom. The van der Waals surface area contributed by atoms with E-state index in [1.807, 2.05) is 31.2 Å². The zero-order valence-electron chi connectivity index (χ0n) is 16.0. The molecular formula is C22H24N4O2. The first kappa shape index (κ1) is 19.4. The van der Waals surface area contributed by atoms with Crippen LogP contribution in [0.25, 0.3) is 10.8 Å². The fourth-order valence-electron chi connectivity index (χ4n) is 3.22. The molecule has 0 unspecified atom stereocenters. The number of nitrogens with one attached hydrogen (secondary N) is 3. The van der Waals surface area contributed by atoms with Crippen molar-refractivity contribution >= 4 is 34.0 Å². The van der Waals surface area contributed by atoms with Crippen molar-refractivity contribution in [2.75, 3.05) is 24.2 Å². The molecular weight excluding hydrogens is 352 g/mol. The van der Waals surface area contributed by atoms with Crippen molar-refractivity contribution < 1.29 is 9.59 Å². The summed E-state index contributed by atoms with van der Waals surface area (Å²) >= 11 is 0. The topological polar surface area (TPSA) is 96.2 Å². The van der Waals surface area contributed by atoms with Crippen LogP contribution in [0.1, 0.15) is 28.9 Å². The molecule has 0 aliphatic rings. The van der Waals surface area contributed by atoms with Crippen molar-refractivity contribution in [1.82, 2.24) is 5.32 Å². The van der Waals surface area contributed by atoms with Crippen molar-refractivity contribution in [1.29, 1.82) is 0 Å². The van der Waals surface area contributed by atoms with Crippen LogP contribution in [0.4, 0.5) is 11.4 Å². The highest BCUT2D eigenvalue weighted by Gasteiger charge is 2.17. The van der Waals surface area contributed by atoms with Crippen molar-refractivity contribution in [3.8, 4) is 0 Å². The lowest BCUT2D eigenvalue weighted by Gasteiger charge is -2.18. The summed E-state index contributed by atoms with van der Waals surface area (Å²) in [4.78, 5) is 24.5. The van der Waals surface area contributed by atoms with Gasteiger partial charge in [0.2, 0.25) is 5.91 Å². The van der Waals surface area contributed by atoms with Crippen LogP contribution in [-0.4, -0.2) is 25.4 Å². The van der Waals surface area contributed by atoms with E-state index in [1.54, 1.807) is 25.2 Å². The molecule has 3 aromatic rings. The van der Waals surface area contributed by atoms with Crippen LogP contribution < -0.4 is 21.7 Å². The van der Waals surface area contributed by atoms with E-state index in [2.05, 4.69) is 34.1 Å². The highest BCUT2D eigenvalue weighted by atomic mass is 16.2. The van der Waals surface area contributed by atoms with E-state index in [1.165, 1.54) is 0 Å². The predicted molar refractivity (Wildman–Crippen MR) is 114 cm³/mol. The fraction of sp³-hybridized carbons (Fsp3) is 0.182. The van der Waals surface area contributed by atoms with Gasteiger partial charge in [0.1, 0.15) is 0 Å². The summed E-state index contributed by atoms with van der Waals surface area (Å²) in [5.74, 6) is -0.540. The number of carbonyl (C=O) groups is 2. The molecule has 3 aromatic carbocycles. The molecule has 0 fully saturated rings. The van der Waals surface area contributed by atoms with Gasteiger partial charge in [0, 0.05) is 18.4 Å². The van der Waals surface area contributed by atoms with E-state index in [-0.39, 0.29) is 24.4 Å². The number of hydrogen-bond acceptors (Lipinski definition) is 4. The summed E-state index contributed by atoms with van der Waals surface area (Å²) < 4.78 is 0. The third-order valence-corrected chi connectivity index (χ3v) is 4.64. The van der Waals surface area contributed by atoms with Gasteiger partial charge in [-0.25, -0.2) is 0 Å². The molecule has 0 heterocycles. The minimum atomic E-state index is -0.312. The highest BCUT2D eigenvalue weighted by molar-refractivity contribution is 6.02. The third kappa shape index (κ3) is 4.13. The standard InChI is InChI=1S/C22H24N4O2/c1-14(17-9-5-7-15-6-3-4-8-18(15)17)25-22(28)19-12-16(26-21(27)13-23)10-11-20(19)24-2/h3-12,14,24H,13,23H2,1-2H3,(H,25,28)(H,26,27)/t14-/m1/s1.